The Morgan fingerprint density at radius 2 is 2.21 bits per heavy atom. The van der Waals surface area contributed by atoms with E-state index in [2.05, 4.69) is 15.2 Å². The number of aliphatic hydroxyl groups is 1. The fourth-order valence-corrected chi connectivity index (χ4v) is 3.67. The monoisotopic (exact) mass is 487 g/mol. The maximum atomic E-state index is 11.6. The van der Waals surface area contributed by atoms with E-state index >= 15 is 0 Å². The molecule has 1 aliphatic heterocycles. The molecule has 0 radical (unpaired) electrons. The Balaban J connectivity index is 0.00000288. The summed E-state index contributed by atoms with van der Waals surface area (Å²) in [4.78, 5) is 18.7. The molecule has 1 aromatic heterocycles. The summed E-state index contributed by atoms with van der Waals surface area (Å²) in [5.41, 5.74) is 0. The third-order valence-corrected chi connectivity index (χ3v) is 5.25. The van der Waals surface area contributed by atoms with Crippen molar-refractivity contribution in [2.45, 2.75) is 18.9 Å². The quantitative estimate of drug-likeness (QED) is 0.295. The lowest BCUT2D eigenvalue weighted by atomic mass is 9.97. The number of nitrogens with one attached hydrogen (secondary N) is 1. The molecule has 6 nitrogen and oxygen atoms in total. The van der Waals surface area contributed by atoms with Gasteiger partial charge in [0.2, 0.25) is 0 Å². The zero-order chi connectivity index (χ0) is 16.8. The Labute approximate surface area is 168 Å². The van der Waals surface area contributed by atoms with E-state index in [9.17, 15) is 9.90 Å². The number of aliphatic hydroxyl groups excluding tert-OH is 1. The third-order valence-electron chi connectivity index (χ3n) is 3.92. The highest BCUT2D eigenvalue weighted by atomic mass is 127. The number of hydrogen-bond donors (Lipinski definition) is 2. The van der Waals surface area contributed by atoms with Crippen LogP contribution >= 0.6 is 46.9 Å². The van der Waals surface area contributed by atoms with Gasteiger partial charge in [-0.15, -0.1) is 35.3 Å². The van der Waals surface area contributed by atoms with E-state index in [1.807, 2.05) is 6.07 Å². The molecule has 136 valence electrons. The van der Waals surface area contributed by atoms with Gasteiger partial charge in [0.25, 0.3) is 0 Å². The number of guanidine groups is 1. The Hall–Kier alpha value is -0.580. The molecule has 2 heterocycles. The van der Waals surface area contributed by atoms with E-state index < -0.39 is 6.10 Å². The van der Waals surface area contributed by atoms with Crippen LogP contribution in [0.2, 0.25) is 4.34 Å². The average Bonchev–Trinajstić information content (AvgIpc) is 3.01. The van der Waals surface area contributed by atoms with Crippen LogP contribution in [0.3, 0.4) is 0 Å². The lowest BCUT2D eigenvalue weighted by Gasteiger charge is -2.33. The maximum absolute atomic E-state index is 11.6. The minimum atomic E-state index is -0.628. The molecule has 9 heteroatoms. The number of rotatable bonds is 4. The maximum Gasteiger partial charge on any atom is 0.308 e. The van der Waals surface area contributed by atoms with Crippen LogP contribution in [0.25, 0.3) is 0 Å². The number of esters is 1. The largest absolute Gasteiger partial charge is 0.469 e. The molecule has 1 aromatic rings. The van der Waals surface area contributed by atoms with Crippen LogP contribution in [0, 0.1) is 5.92 Å². The first-order valence-electron chi connectivity index (χ1n) is 7.52. The summed E-state index contributed by atoms with van der Waals surface area (Å²) in [6.45, 7) is 1.83. The number of piperidine rings is 1. The third kappa shape index (κ3) is 5.75. The normalized spacial score (nSPS) is 17.2. The zero-order valence-electron chi connectivity index (χ0n) is 13.7. The van der Waals surface area contributed by atoms with Gasteiger partial charge in [-0.1, -0.05) is 11.6 Å². The van der Waals surface area contributed by atoms with Gasteiger partial charge >= 0.3 is 5.97 Å². The summed E-state index contributed by atoms with van der Waals surface area (Å²) in [6, 6.07) is 3.60. The van der Waals surface area contributed by atoms with Gasteiger partial charge in [0.1, 0.15) is 6.10 Å². The molecule has 0 amide bonds. The van der Waals surface area contributed by atoms with Gasteiger partial charge in [-0.25, -0.2) is 0 Å². The van der Waals surface area contributed by atoms with Gasteiger partial charge in [-0.2, -0.15) is 0 Å². The van der Waals surface area contributed by atoms with Gasteiger partial charge in [0.05, 0.1) is 17.4 Å². The molecule has 0 bridgehead atoms. The van der Waals surface area contributed by atoms with Crippen molar-refractivity contribution in [3.8, 4) is 0 Å². The number of hydrogen-bond acceptors (Lipinski definition) is 5. The van der Waals surface area contributed by atoms with Crippen molar-refractivity contribution in [2.24, 2.45) is 10.9 Å². The van der Waals surface area contributed by atoms with Crippen molar-refractivity contribution in [3.05, 3.63) is 21.3 Å². The Morgan fingerprint density at radius 1 is 1.54 bits per heavy atom. The lowest BCUT2D eigenvalue weighted by molar-refractivity contribution is -0.146. The van der Waals surface area contributed by atoms with Gasteiger partial charge < -0.3 is 20.1 Å². The standard InChI is InChI=1S/C15H22ClN3O3S.HI/c1-17-15(18-9-11(20)12-3-4-13(16)23-12)19-7-5-10(6-8-19)14(21)22-2;/h3-4,10-11,20H,5-9H2,1-2H3,(H,17,18);1H. The summed E-state index contributed by atoms with van der Waals surface area (Å²) in [5.74, 6) is 0.556. The first-order chi connectivity index (χ1) is 11.0. The summed E-state index contributed by atoms with van der Waals surface area (Å²) in [5, 5.41) is 13.4. The average molecular weight is 488 g/mol. The minimum Gasteiger partial charge on any atom is -0.469 e. The first-order valence-corrected chi connectivity index (χ1v) is 8.71. The number of halogens is 2. The number of aliphatic imine (C=N–C) groups is 1. The van der Waals surface area contributed by atoms with E-state index in [0.29, 0.717) is 10.9 Å². The van der Waals surface area contributed by atoms with Gasteiger partial charge in [0, 0.05) is 31.6 Å². The first kappa shape index (κ1) is 21.5. The second-order valence-corrected chi connectivity index (χ2v) is 7.12. The molecule has 0 aliphatic carbocycles. The predicted molar refractivity (Wildman–Crippen MR) is 107 cm³/mol. The molecule has 0 spiro atoms. The highest BCUT2D eigenvalue weighted by Crippen LogP contribution is 2.26. The fourth-order valence-electron chi connectivity index (χ4n) is 2.62. The van der Waals surface area contributed by atoms with Crippen LogP contribution in [0.5, 0.6) is 0 Å². The summed E-state index contributed by atoms with van der Waals surface area (Å²) < 4.78 is 5.46. The molecular formula is C15H23ClIN3O3S. The van der Waals surface area contributed by atoms with Crippen molar-refractivity contribution >= 4 is 58.8 Å². The summed E-state index contributed by atoms with van der Waals surface area (Å²) in [7, 11) is 3.14. The predicted octanol–water partition coefficient (Wildman–Crippen LogP) is 2.51. The summed E-state index contributed by atoms with van der Waals surface area (Å²) >= 11 is 7.25. The van der Waals surface area contributed by atoms with Gasteiger partial charge in [0.15, 0.2) is 5.96 Å². The molecule has 2 N–H and O–H groups in total. The Bertz CT molecular complexity index is 562. The molecular weight excluding hydrogens is 465 g/mol. The van der Waals surface area contributed by atoms with Gasteiger partial charge in [-0.3, -0.25) is 9.79 Å². The van der Waals surface area contributed by atoms with Crippen LogP contribution in [-0.4, -0.2) is 55.7 Å². The Morgan fingerprint density at radius 3 is 2.71 bits per heavy atom. The van der Waals surface area contributed by atoms with Crippen LogP contribution in [0.1, 0.15) is 23.8 Å². The minimum absolute atomic E-state index is 0. The van der Waals surface area contributed by atoms with Crippen LogP contribution in [0.4, 0.5) is 0 Å². The number of methoxy groups -OCH3 is 1. The van der Waals surface area contributed by atoms with E-state index in [1.54, 1.807) is 13.1 Å². The van der Waals surface area contributed by atoms with Crippen molar-refractivity contribution in [3.63, 3.8) is 0 Å². The van der Waals surface area contributed by atoms with Gasteiger partial charge in [-0.05, 0) is 25.0 Å². The van der Waals surface area contributed by atoms with Crippen LogP contribution in [-0.2, 0) is 9.53 Å². The fraction of sp³-hybridized carbons (Fsp3) is 0.600. The lowest BCUT2D eigenvalue weighted by Crippen LogP contribution is -2.47. The number of thiophene rings is 1. The second-order valence-electron chi connectivity index (χ2n) is 5.37. The van der Waals surface area contributed by atoms with Crippen molar-refractivity contribution < 1.29 is 14.6 Å². The van der Waals surface area contributed by atoms with E-state index in [-0.39, 0.29) is 35.9 Å². The zero-order valence-corrected chi connectivity index (χ0v) is 17.6. The number of carbonyl (C=O) groups excluding carboxylic acids is 1. The van der Waals surface area contributed by atoms with Crippen molar-refractivity contribution in [1.29, 1.82) is 0 Å². The number of ether oxygens (including phenoxy) is 1. The second kappa shape index (κ2) is 10.4. The molecule has 0 saturated carbocycles. The highest BCUT2D eigenvalue weighted by Gasteiger charge is 2.27. The van der Waals surface area contributed by atoms with E-state index in [4.69, 9.17) is 16.3 Å². The molecule has 1 unspecified atom stereocenters. The van der Waals surface area contributed by atoms with E-state index in [0.717, 1.165) is 36.8 Å². The van der Waals surface area contributed by atoms with Crippen molar-refractivity contribution in [1.82, 2.24) is 10.2 Å². The molecule has 24 heavy (non-hydrogen) atoms. The SMILES string of the molecule is CN=C(NCC(O)c1ccc(Cl)s1)N1CCC(C(=O)OC)CC1.I. The summed E-state index contributed by atoms with van der Waals surface area (Å²) in [6.07, 6.45) is 0.865. The smallest absolute Gasteiger partial charge is 0.308 e. The number of likely N-dealkylation sites (tertiary alicyclic amines) is 1. The molecule has 1 fully saturated rings. The Kier molecular flexibility index (Phi) is 9.32. The molecule has 0 aromatic carbocycles. The number of carbonyl (C=O) groups is 1. The highest BCUT2D eigenvalue weighted by molar-refractivity contribution is 14.0. The molecule has 1 aliphatic rings. The van der Waals surface area contributed by atoms with Crippen molar-refractivity contribution in [2.75, 3.05) is 33.8 Å². The van der Waals surface area contributed by atoms with Crippen LogP contribution in [0.15, 0.2) is 17.1 Å². The van der Waals surface area contributed by atoms with E-state index in [1.165, 1.54) is 18.4 Å². The molecule has 1 atom stereocenters. The van der Waals surface area contributed by atoms with Crippen LogP contribution < -0.4 is 5.32 Å². The molecule has 2 rings (SSSR count). The molecule has 1 saturated heterocycles. The topological polar surface area (TPSA) is 74.2 Å². The number of nitrogens with zero attached hydrogens (tertiary/aromatic N) is 2.